The SMILES string of the molecule is CP(O)OC1CCNC1. The van der Waals surface area contributed by atoms with Crippen LogP contribution in [0, 0.1) is 0 Å². The van der Waals surface area contributed by atoms with Crippen molar-refractivity contribution in [2.24, 2.45) is 0 Å². The molecule has 2 atom stereocenters. The molecule has 2 unspecified atom stereocenters. The average Bonchev–Trinajstić information content (AvgIpc) is 2.15. The quantitative estimate of drug-likeness (QED) is 0.555. The zero-order chi connectivity index (χ0) is 6.69. The van der Waals surface area contributed by atoms with Crippen LogP contribution in [0.5, 0.6) is 0 Å². The third-order valence-electron chi connectivity index (χ3n) is 1.32. The Morgan fingerprint density at radius 1 is 1.78 bits per heavy atom. The van der Waals surface area contributed by atoms with Gasteiger partial charge in [-0.1, -0.05) is 0 Å². The van der Waals surface area contributed by atoms with Crippen molar-refractivity contribution in [3.05, 3.63) is 0 Å². The van der Waals surface area contributed by atoms with Crippen LogP contribution < -0.4 is 5.32 Å². The first-order valence-electron chi connectivity index (χ1n) is 3.09. The maximum atomic E-state index is 8.83. The molecule has 0 radical (unpaired) electrons. The zero-order valence-electron chi connectivity index (χ0n) is 5.50. The summed E-state index contributed by atoms with van der Waals surface area (Å²) < 4.78 is 5.17. The highest BCUT2D eigenvalue weighted by molar-refractivity contribution is 7.45. The van der Waals surface area contributed by atoms with Crippen LogP contribution in [-0.4, -0.2) is 30.8 Å². The molecule has 1 heterocycles. The van der Waals surface area contributed by atoms with E-state index >= 15 is 0 Å². The summed E-state index contributed by atoms with van der Waals surface area (Å²) in [4.78, 5) is 8.83. The molecule has 0 bridgehead atoms. The van der Waals surface area contributed by atoms with E-state index in [2.05, 4.69) is 5.32 Å². The fourth-order valence-electron chi connectivity index (χ4n) is 0.934. The molecule has 0 amide bonds. The number of hydrogen-bond donors (Lipinski definition) is 2. The summed E-state index contributed by atoms with van der Waals surface area (Å²) in [6, 6.07) is 0. The Kier molecular flexibility index (Phi) is 2.86. The van der Waals surface area contributed by atoms with Crippen molar-refractivity contribution < 1.29 is 9.42 Å². The van der Waals surface area contributed by atoms with Gasteiger partial charge >= 0.3 is 0 Å². The molecule has 1 rings (SSSR count). The Labute approximate surface area is 56.3 Å². The smallest absolute Gasteiger partial charge is 0.164 e. The predicted molar refractivity (Wildman–Crippen MR) is 37.4 cm³/mol. The van der Waals surface area contributed by atoms with E-state index in [0.29, 0.717) is 0 Å². The zero-order valence-corrected chi connectivity index (χ0v) is 6.40. The number of nitrogens with one attached hydrogen (secondary N) is 1. The average molecular weight is 149 g/mol. The highest BCUT2D eigenvalue weighted by Gasteiger charge is 2.16. The van der Waals surface area contributed by atoms with Crippen LogP contribution in [-0.2, 0) is 4.52 Å². The van der Waals surface area contributed by atoms with Gasteiger partial charge < -0.3 is 14.7 Å². The molecular weight excluding hydrogens is 137 g/mol. The van der Waals surface area contributed by atoms with Gasteiger partial charge in [0.15, 0.2) is 8.38 Å². The van der Waals surface area contributed by atoms with Crippen LogP contribution in [0.4, 0.5) is 0 Å². The van der Waals surface area contributed by atoms with Gasteiger partial charge in [-0.15, -0.1) is 0 Å². The molecule has 1 aliphatic heterocycles. The molecule has 0 aromatic heterocycles. The molecule has 3 nitrogen and oxygen atoms in total. The fourth-order valence-corrected chi connectivity index (χ4v) is 1.55. The molecular formula is C5H12NO2P. The first-order chi connectivity index (χ1) is 4.29. The van der Waals surface area contributed by atoms with Crippen LogP contribution >= 0.6 is 8.38 Å². The number of rotatable bonds is 2. The minimum atomic E-state index is -1.15. The summed E-state index contributed by atoms with van der Waals surface area (Å²) in [5.41, 5.74) is 0. The first kappa shape index (κ1) is 7.42. The standard InChI is InChI=1S/C5H12NO2P/c1-9(7)8-5-2-3-6-4-5/h5-7H,2-4H2,1H3. The van der Waals surface area contributed by atoms with Crippen LogP contribution in [0.2, 0.25) is 0 Å². The Morgan fingerprint density at radius 3 is 3.00 bits per heavy atom. The molecule has 1 fully saturated rings. The molecule has 0 aliphatic carbocycles. The summed E-state index contributed by atoms with van der Waals surface area (Å²) in [7, 11) is -1.15. The maximum Gasteiger partial charge on any atom is 0.164 e. The Morgan fingerprint density at radius 2 is 2.56 bits per heavy atom. The van der Waals surface area contributed by atoms with Crippen molar-refractivity contribution in [2.75, 3.05) is 19.8 Å². The van der Waals surface area contributed by atoms with Gasteiger partial charge in [0.25, 0.3) is 0 Å². The van der Waals surface area contributed by atoms with Gasteiger partial charge in [-0.25, -0.2) is 0 Å². The molecule has 2 N–H and O–H groups in total. The predicted octanol–water partition coefficient (Wildman–Crippen LogP) is 0.299. The second-order valence-corrected chi connectivity index (χ2v) is 3.32. The van der Waals surface area contributed by atoms with Gasteiger partial charge in [0.1, 0.15) is 0 Å². The summed E-state index contributed by atoms with van der Waals surface area (Å²) in [6.45, 7) is 3.62. The van der Waals surface area contributed by atoms with Crippen LogP contribution in [0.1, 0.15) is 6.42 Å². The van der Waals surface area contributed by atoms with Gasteiger partial charge in [0.05, 0.1) is 6.10 Å². The lowest BCUT2D eigenvalue weighted by Gasteiger charge is -2.10. The highest BCUT2D eigenvalue weighted by atomic mass is 31.2. The van der Waals surface area contributed by atoms with E-state index in [1.54, 1.807) is 6.66 Å². The topological polar surface area (TPSA) is 41.5 Å². The summed E-state index contributed by atoms with van der Waals surface area (Å²) in [6.07, 6.45) is 1.29. The lowest BCUT2D eigenvalue weighted by Crippen LogP contribution is -2.14. The van der Waals surface area contributed by atoms with E-state index in [-0.39, 0.29) is 6.10 Å². The van der Waals surface area contributed by atoms with Crippen molar-refractivity contribution in [3.63, 3.8) is 0 Å². The third-order valence-corrected chi connectivity index (χ3v) is 1.92. The molecule has 0 spiro atoms. The van der Waals surface area contributed by atoms with Gasteiger partial charge in [0.2, 0.25) is 0 Å². The molecule has 1 aliphatic rings. The molecule has 1 saturated heterocycles. The highest BCUT2D eigenvalue weighted by Crippen LogP contribution is 2.29. The lowest BCUT2D eigenvalue weighted by atomic mass is 10.3. The van der Waals surface area contributed by atoms with Crippen molar-refractivity contribution in [2.45, 2.75) is 12.5 Å². The summed E-state index contributed by atoms with van der Waals surface area (Å²) in [5, 5.41) is 3.15. The monoisotopic (exact) mass is 149 g/mol. The van der Waals surface area contributed by atoms with Crippen LogP contribution in [0.3, 0.4) is 0 Å². The van der Waals surface area contributed by atoms with Gasteiger partial charge in [-0.05, 0) is 13.0 Å². The summed E-state index contributed by atoms with van der Waals surface area (Å²) in [5.74, 6) is 0. The summed E-state index contributed by atoms with van der Waals surface area (Å²) >= 11 is 0. The first-order valence-corrected chi connectivity index (χ1v) is 4.75. The van der Waals surface area contributed by atoms with Gasteiger partial charge in [0, 0.05) is 13.2 Å². The maximum absolute atomic E-state index is 8.83. The Balaban J connectivity index is 2.11. The van der Waals surface area contributed by atoms with E-state index in [1.165, 1.54) is 0 Å². The Bertz CT molecular complexity index is 83.0. The third kappa shape index (κ3) is 2.59. The van der Waals surface area contributed by atoms with Crippen molar-refractivity contribution in [1.29, 1.82) is 0 Å². The molecule has 0 saturated carbocycles. The lowest BCUT2D eigenvalue weighted by molar-refractivity contribution is 0.225. The minimum Gasteiger partial charge on any atom is -0.350 e. The van der Waals surface area contributed by atoms with E-state index in [9.17, 15) is 0 Å². The largest absolute Gasteiger partial charge is 0.350 e. The van der Waals surface area contributed by atoms with E-state index in [1.807, 2.05) is 0 Å². The van der Waals surface area contributed by atoms with Crippen LogP contribution in [0.15, 0.2) is 0 Å². The van der Waals surface area contributed by atoms with Crippen molar-refractivity contribution in [1.82, 2.24) is 5.32 Å². The van der Waals surface area contributed by atoms with Gasteiger partial charge in [-0.2, -0.15) is 0 Å². The molecule has 54 valence electrons. The van der Waals surface area contributed by atoms with E-state index < -0.39 is 8.38 Å². The number of hydrogen-bond acceptors (Lipinski definition) is 3. The Hall–Kier alpha value is 0.310. The molecule has 9 heavy (non-hydrogen) atoms. The van der Waals surface area contributed by atoms with Crippen molar-refractivity contribution in [3.8, 4) is 0 Å². The molecule has 0 aromatic carbocycles. The second-order valence-electron chi connectivity index (χ2n) is 2.18. The minimum absolute atomic E-state index is 0.256. The van der Waals surface area contributed by atoms with Gasteiger partial charge in [-0.3, -0.25) is 0 Å². The fraction of sp³-hybridized carbons (Fsp3) is 1.00. The molecule has 4 heteroatoms. The second kappa shape index (κ2) is 3.47. The molecule has 0 aromatic rings. The van der Waals surface area contributed by atoms with Crippen molar-refractivity contribution >= 4 is 8.38 Å². The van der Waals surface area contributed by atoms with E-state index in [4.69, 9.17) is 9.42 Å². The van der Waals surface area contributed by atoms with E-state index in [0.717, 1.165) is 19.5 Å². The van der Waals surface area contributed by atoms with Crippen LogP contribution in [0.25, 0.3) is 0 Å². The normalized spacial score (nSPS) is 30.7.